The highest BCUT2D eigenvalue weighted by atomic mass is 35.5. The van der Waals surface area contributed by atoms with Crippen molar-refractivity contribution in [1.82, 2.24) is 4.57 Å². The molecule has 0 aliphatic rings. The third kappa shape index (κ3) is 2.04. The maximum atomic E-state index is 12.3. The van der Waals surface area contributed by atoms with Crippen LogP contribution in [0.1, 0.15) is 5.56 Å². The second kappa shape index (κ2) is 4.56. The molecule has 19 heavy (non-hydrogen) atoms. The molecule has 0 saturated carbocycles. The van der Waals surface area contributed by atoms with Gasteiger partial charge in [-0.1, -0.05) is 41.4 Å². The van der Waals surface area contributed by atoms with E-state index >= 15 is 0 Å². The van der Waals surface area contributed by atoms with Crippen LogP contribution in [-0.4, -0.2) is 4.57 Å². The highest BCUT2D eigenvalue weighted by Crippen LogP contribution is 2.20. The lowest BCUT2D eigenvalue weighted by Gasteiger charge is -2.11. The first kappa shape index (κ1) is 12.0. The summed E-state index contributed by atoms with van der Waals surface area (Å²) >= 11 is 6.06. The normalized spacial score (nSPS) is 10.8. The average Bonchev–Trinajstić information content (AvgIpc) is 2.41. The Kier molecular flexibility index (Phi) is 2.88. The number of pyridine rings is 1. The maximum absolute atomic E-state index is 12.3. The Balaban J connectivity index is 2.46. The van der Waals surface area contributed by atoms with Crippen LogP contribution < -0.4 is 5.56 Å². The Morgan fingerprint density at radius 2 is 1.74 bits per heavy atom. The predicted molar refractivity (Wildman–Crippen MR) is 79.3 cm³/mol. The lowest BCUT2D eigenvalue weighted by Crippen LogP contribution is -2.18. The highest BCUT2D eigenvalue weighted by Gasteiger charge is 2.09. The van der Waals surface area contributed by atoms with E-state index in [9.17, 15) is 4.79 Å². The molecule has 1 heterocycles. The molecular weight excluding hydrogens is 258 g/mol. The molecular formula is C16H12ClNO. The number of fused-ring (bicyclic) bond motifs is 1. The molecule has 0 aliphatic heterocycles. The van der Waals surface area contributed by atoms with Gasteiger partial charge in [-0.2, -0.15) is 0 Å². The van der Waals surface area contributed by atoms with Crippen molar-refractivity contribution < 1.29 is 0 Å². The van der Waals surface area contributed by atoms with Crippen molar-refractivity contribution in [3.05, 3.63) is 75.5 Å². The van der Waals surface area contributed by atoms with Crippen molar-refractivity contribution in [1.29, 1.82) is 0 Å². The molecule has 0 fully saturated rings. The smallest absolute Gasteiger partial charge is 0.274 e. The van der Waals surface area contributed by atoms with E-state index in [0.29, 0.717) is 0 Å². The zero-order valence-electron chi connectivity index (χ0n) is 10.4. The Morgan fingerprint density at radius 3 is 2.47 bits per heavy atom. The third-order valence-electron chi connectivity index (χ3n) is 3.13. The molecule has 2 aromatic carbocycles. The first-order valence-corrected chi connectivity index (χ1v) is 6.42. The molecule has 3 heteroatoms. The summed E-state index contributed by atoms with van der Waals surface area (Å²) in [7, 11) is 0. The average molecular weight is 270 g/mol. The van der Waals surface area contributed by atoms with Crippen molar-refractivity contribution in [3.8, 4) is 5.69 Å². The second-order valence-corrected chi connectivity index (χ2v) is 4.94. The van der Waals surface area contributed by atoms with Crippen LogP contribution in [0.15, 0.2) is 59.4 Å². The van der Waals surface area contributed by atoms with Gasteiger partial charge in [-0.25, -0.2) is 0 Å². The second-order valence-electron chi connectivity index (χ2n) is 4.53. The van der Waals surface area contributed by atoms with E-state index in [0.717, 1.165) is 22.2 Å². The van der Waals surface area contributed by atoms with Crippen LogP contribution in [0.3, 0.4) is 0 Å². The Labute approximate surface area is 115 Å². The Morgan fingerprint density at radius 1 is 1.00 bits per heavy atom. The third-order valence-corrected chi connectivity index (χ3v) is 3.40. The summed E-state index contributed by atoms with van der Waals surface area (Å²) in [5.74, 6) is 0. The molecule has 3 aromatic rings. The van der Waals surface area contributed by atoms with Gasteiger partial charge >= 0.3 is 0 Å². The molecule has 0 atom stereocenters. The number of benzene rings is 2. The number of halogens is 1. The van der Waals surface area contributed by atoms with Crippen LogP contribution in [-0.2, 0) is 0 Å². The molecule has 0 radical (unpaired) electrons. The van der Waals surface area contributed by atoms with Gasteiger partial charge in [0.2, 0.25) is 0 Å². The van der Waals surface area contributed by atoms with Gasteiger partial charge in [0.15, 0.2) is 0 Å². The standard InChI is InChI=1S/C16H12ClNO/c1-11-7-8-15-12(9-11)10-14(17)16(19)18(15)13-5-3-2-4-6-13/h2-10H,1H3. The molecule has 2 nitrogen and oxygen atoms in total. The van der Waals surface area contributed by atoms with Gasteiger partial charge in [-0.15, -0.1) is 0 Å². The number of aromatic nitrogens is 1. The molecule has 0 aliphatic carbocycles. The molecule has 0 N–H and O–H groups in total. The van der Waals surface area contributed by atoms with Gasteiger partial charge in [0, 0.05) is 11.1 Å². The quantitative estimate of drug-likeness (QED) is 0.656. The molecule has 1 aromatic heterocycles. The zero-order valence-corrected chi connectivity index (χ0v) is 11.2. The summed E-state index contributed by atoms with van der Waals surface area (Å²) in [6.07, 6.45) is 0. The first-order chi connectivity index (χ1) is 9.16. The maximum Gasteiger partial charge on any atom is 0.274 e. The Hall–Kier alpha value is -2.06. The SMILES string of the molecule is Cc1ccc2c(c1)cc(Cl)c(=O)n2-c1ccccc1. The summed E-state index contributed by atoms with van der Waals surface area (Å²) in [6, 6.07) is 17.2. The van der Waals surface area contributed by atoms with Gasteiger partial charge in [0.1, 0.15) is 5.02 Å². The van der Waals surface area contributed by atoms with Crippen molar-refractivity contribution in [2.24, 2.45) is 0 Å². The van der Waals surface area contributed by atoms with Gasteiger partial charge < -0.3 is 0 Å². The van der Waals surface area contributed by atoms with Crippen LogP contribution >= 0.6 is 11.6 Å². The van der Waals surface area contributed by atoms with Crippen molar-refractivity contribution >= 4 is 22.5 Å². The van der Waals surface area contributed by atoms with E-state index in [-0.39, 0.29) is 10.6 Å². The summed E-state index contributed by atoms with van der Waals surface area (Å²) in [5.41, 5.74) is 2.64. The van der Waals surface area contributed by atoms with E-state index in [1.807, 2.05) is 55.5 Å². The first-order valence-electron chi connectivity index (χ1n) is 6.04. The van der Waals surface area contributed by atoms with Gasteiger partial charge in [0.05, 0.1) is 5.52 Å². The van der Waals surface area contributed by atoms with Crippen LogP contribution in [0.25, 0.3) is 16.6 Å². The van der Waals surface area contributed by atoms with E-state index in [2.05, 4.69) is 0 Å². The number of para-hydroxylation sites is 1. The molecule has 3 rings (SSSR count). The number of hydrogen-bond donors (Lipinski definition) is 0. The fourth-order valence-corrected chi connectivity index (χ4v) is 2.44. The fraction of sp³-hybridized carbons (Fsp3) is 0.0625. The minimum Gasteiger partial charge on any atom is -0.276 e. The Bertz CT molecular complexity index is 806. The molecule has 0 amide bonds. The molecule has 0 unspecified atom stereocenters. The van der Waals surface area contributed by atoms with Gasteiger partial charge in [-0.05, 0) is 37.3 Å². The number of hydrogen-bond acceptors (Lipinski definition) is 1. The van der Waals surface area contributed by atoms with E-state index in [4.69, 9.17) is 11.6 Å². The number of rotatable bonds is 1. The van der Waals surface area contributed by atoms with Crippen molar-refractivity contribution in [2.45, 2.75) is 6.92 Å². The van der Waals surface area contributed by atoms with E-state index in [1.54, 1.807) is 10.6 Å². The summed E-state index contributed by atoms with van der Waals surface area (Å²) in [4.78, 5) is 12.3. The minimum atomic E-state index is -0.191. The summed E-state index contributed by atoms with van der Waals surface area (Å²) in [5, 5.41) is 1.20. The lowest BCUT2D eigenvalue weighted by atomic mass is 10.1. The largest absolute Gasteiger partial charge is 0.276 e. The zero-order chi connectivity index (χ0) is 13.4. The fourth-order valence-electron chi connectivity index (χ4n) is 2.24. The monoisotopic (exact) mass is 269 g/mol. The summed E-state index contributed by atoms with van der Waals surface area (Å²) < 4.78 is 1.65. The molecule has 94 valence electrons. The molecule has 0 saturated heterocycles. The van der Waals surface area contributed by atoms with Crippen molar-refractivity contribution in [3.63, 3.8) is 0 Å². The van der Waals surface area contributed by atoms with Gasteiger partial charge in [0.25, 0.3) is 5.56 Å². The van der Waals surface area contributed by atoms with Crippen molar-refractivity contribution in [2.75, 3.05) is 0 Å². The molecule has 0 spiro atoms. The summed E-state index contributed by atoms with van der Waals surface area (Å²) in [6.45, 7) is 2.02. The van der Waals surface area contributed by atoms with Crippen LogP contribution in [0, 0.1) is 6.92 Å². The van der Waals surface area contributed by atoms with Crippen LogP contribution in [0.5, 0.6) is 0 Å². The lowest BCUT2D eigenvalue weighted by molar-refractivity contribution is 1.04. The topological polar surface area (TPSA) is 22.0 Å². The predicted octanol–water partition coefficient (Wildman–Crippen LogP) is 3.95. The number of nitrogens with zero attached hydrogens (tertiary/aromatic N) is 1. The molecule has 0 bridgehead atoms. The van der Waals surface area contributed by atoms with E-state index in [1.165, 1.54) is 0 Å². The van der Waals surface area contributed by atoms with Crippen LogP contribution in [0.2, 0.25) is 5.02 Å². The van der Waals surface area contributed by atoms with E-state index < -0.39 is 0 Å². The minimum absolute atomic E-state index is 0.191. The highest BCUT2D eigenvalue weighted by molar-refractivity contribution is 6.31. The van der Waals surface area contributed by atoms with Crippen LogP contribution in [0.4, 0.5) is 0 Å². The number of aryl methyl sites for hydroxylation is 1. The van der Waals surface area contributed by atoms with Gasteiger partial charge in [-0.3, -0.25) is 9.36 Å².